The molecule has 5 aromatic rings. The fourth-order valence-corrected chi connectivity index (χ4v) is 5.23. The van der Waals surface area contributed by atoms with E-state index in [-0.39, 0.29) is 11.2 Å². The van der Waals surface area contributed by atoms with E-state index in [2.05, 4.69) is 66.0 Å². The zero-order chi connectivity index (χ0) is 28.8. The van der Waals surface area contributed by atoms with Gasteiger partial charge in [-0.25, -0.2) is 19.9 Å². The van der Waals surface area contributed by atoms with E-state index in [1.807, 2.05) is 40.8 Å². The minimum absolute atomic E-state index is 0.0486. The number of aromatic nitrogens is 6. The smallest absolute Gasteiger partial charge is 0.172 e. The summed E-state index contributed by atoms with van der Waals surface area (Å²) in [6.07, 6.45) is 9.27. The summed E-state index contributed by atoms with van der Waals surface area (Å²) in [5, 5.41) is 8.65. The molecule has 0 spiro atoms. The average molecular weight is 601 g/mol. The van der Waals surface area contributed by atoms with Crippen molar-refractivity contribution in [2.24, 2.45) is 10.8 Å². The van der Waals surface area contributed by atoms with Crippen LogP contribution in [-0.2, 0) is 12.8 Å². The Morgan fingerprint density at radius 1 is 0.925 bits per heavy atom. The maximum atomic E-state index is 13.6. The van der Waals surface area contributed by atoms with Crippen LogP contribution in [0.15, 0.2) is 47.6 Å². The number of carbonyl (C=O) groups excluding carboxylic acids is 1. The molecular formula is C31H34BrN7O. The first-order valence-electron chi connectivity index (χ1n) is 13.5. The van der Waals surface area contributed by atoms with Crippen LogP contribution in [0.5, 0.6) is 0 Å². The number of rotatable bonds is 8. The lowest BCUT2D eigenvalue weighted by atomic mass is 9.79. The third kappa shape index (κ3) is 5.22. The molecule has 0 unspecified atom stereocenters. The van der Waals surface area contributed by atoms with Crippen LogP contribution >= 0.6 is 15.9 Å². The maximum Gasteiger partial charge on any atom is 0.172 e. The predicted molar refractivity (Wildman–Crippen MR) is 163 cm³/mol. The molecule has 0 saturated heterocycles. The molecule has 0 fully saturated rings. The fraction of sp³-hybridized carbons (Fsp3) is 0.355. The minimum Gasteiger partial charge on any atom is -0.344 e. The molecule has 1 aromatic carbocycles. The van der Waals surface area contributed by atoms with Gasteiger partial charge >= 0.3 is 0 Å². The van der Waals surface area contributed by atoms with Gasteiger partial charge < -0.3 is 15.4 Å². The fourth-order valence-electron chi connectivity index (χ4n) is 4.95. The van der Waals surface area contributed by atoms with Crippen LogP contribution in [0.3, 0.4) is 0 Å². The van der Waals surface area contributed by atoms with Crippen molar-refractivity contribution in [3.05, 3.63) is 69.8 Å². The lowest BCUT2D eigenvalue weighted by Gasteiger charge is -2.23. The zero-order valence-corrected chi connectivity index (χ0v) is 25.3. The van der Waals surface area contributed by atoms with E-state index >= 15 is 0 Å². The van der Waals surface area contributed by atoms with Crippen molar-refractivity contribution in [2.45, 2.75) is 60.8 Å². The first kappa shape index (κ1) is 27.8. The highest BCUT2D eigenvalue weighted by Gasteiger charge is 2.31. The number of fused-ring (bicyclic) bond motifs is 2. The number of Topliss-reactive ketones (excluding diaryl/α,β-unsaturated/α-hetero) is 1. The Kier molecular flexibility index (Phi) is 7.20. The molecule has 206 valence electrons. The highest BCUT2D eigenvalue weighted by molar-refractivity contribution is 9.10. The van der Waals surface area contributed by atoms with Crippen LogP contribution in [0.4, 0.5) is 0 Å². The molecule has 0 bridgehead atoms. The number of ketones is 1. The largest absolute Gasteiger partial charge is 0.344 e. The molecule has 40 heavy (non-hydrogen) atoms. The molecule has 0 amide bonds. The van der Waals surface area contributed by atoms with Crippen molar-refractivity contribution in [3.63, 3.8) is 0 Å². The van der Waals surface area contributed by atoms with Gasteiger partial charge in [-0.2, -0.15) is 0 Å². The van der Waals surface area contributed by atoms with Crippen molar-refractivity contribution in [3.8, 4) is 11.3 Å². The summed E-state index contributed by atoms with van der Waals surface area (Å²) in [4.78, 5) is 38.1. The molecule has 8 nitrogen and oxygen atoms in total. The van der Waals surface area contributed by atoms with Gasteiger partial charge in [0.2, 0.25) is 0 Å². The number of halogens is 1. The maximum absolute atomic E-state index is 13.6. The van der Waals surface area contributed by atoms with Crippen LogP contribution in [0, 0.1) is 16.2 Å². The molecule has 4 heterocycles. The number of H-pyrrole nitrogens is 2. The minimum atomic E-state index is -0.582. The van der Waals surface area contributed by atoms with E-state index in [0.29, 0.717) is 44.6 Å². The monoisotopic (exact) mass is 599 g/mol. The summed E-state index contributed by atoms with van der Waals surface area (Å²) in [6, 6.07) is 6.39. The second-order valence-electron chi connectivity index (χ2n) is 11.9. The molecular weight excluding hydrogens is 566 g/mol. The molecule has 4 aromatic heterocycles. The van der Waals surface area contributed by atoms with Crippen LogP contribution in [0.2, 0.25) is 0 Å². The van der Waals surface area contributed by atoms with Gasteiger partial charge in [0.15, 0.2) is 17.1 Å². The number of aromatic amines is 2. The summed E-state index contributed by atoms with van der Waals surface area (Å²) in [6.45, 7) is 12.2. The molecule has 0 aliphatic carbocycles. The second-order valence-corrected chi connectivity index (χ2v) is 12.7. The highest BCUT2D eigenvalue weighted by atomic mass is 79.9. The summed E-state index contributed by atoms with van der Waals surface area (Å²) in [7, 11) is 0. The lowest BCUT2D eigenvalue weighted by Crippen LogP contribution is -2.25. The summed E-state index contributed by atoms with van der Waals surface area (Å²) >= 11 is 3.36. The topological polar surface area (TPSA) is 124 Å². The van der Waals surface area contributed by atoms with Gasteiger partial charge in [0.05, 0.1) is 23.7 Å². The van der Waals surface area contributed by atoms with E-state index in [4.69, 9.17) is 10.4 Å². The van der Waals surface area contributed by atoms with E-state index in [0.717, 1.165) is 29.7 Å². The van der Waals surface area contributed by atoms with E-state index in [1.54, 1.807) is 18.6 Å². The number of nitrogens with zero attached hydrogens (tertiary/aromatic N) is 4. The number of nitrogens with one attached hydrogen (secondary N) is 3. The van der Waals surface area contributed by atoms with Crippen LogP contribution in [-0.4, -0.2) is 41.4 Å². The Bertz CT molecular complexity index is 1760. The van der Waals surface area contributed by atoms with Gasteiger partial charge in [0.1, 0.15) is 15.6 Å². The molecule has 3 N–H and O–H groups in total. The summed E-state index contributed by atoms with van der Waals surface area (Å²) < 4.78 is 0.600. The second kappa shape index (κ2) is 10.4. The van der Waals surface area contributed by atoms with Gasteiger partial charge in [-0.05, 0) is 52.4 Å². The van der Waals surface area contributed by atoms with E-state index in [1.165, 1.54) is 11.1 Å². The van der Waals surface area contributed by atoms with Gasteiger partial charge in [-0.1, -0.05) is 53.7 Å². The summed E-state index contributed by atoms with van der Waals surface area (Å²) in [5.41, 5.74) is 7.80. The quantitative estimate of drug-likeness (QED) is 0.126. The van der Waals surface area contributed by atoms with Crippen molar-refractivity contribution in [2.75, 3.05) is 0 Å². The van der Waals surface area contributed by atoms with Crippen LogP contribution in [0.25, 0.3) is 33.6 Å². The van der Waals surface area contributed by atoms with Gasteiger partial charge in [0.25, 0.3) is 0 Å². The Labute approximate surface area is 242 Å². The van der Waals surface area contributed by atoms with Crippen molar-refractivity contribution in [1.29, 1.82) is 5.41 Å². The van der Waals surface area contributed by atoms with Gasteiger partial charge in [-0.3, -0.25) is 4.79 Å². The van der Waals surface area contributed by atoms with E-state index in [9.17, 15) is 4.79 Å². The Balaban J connectivity index is 1.39. The highest BCUT2D eigenvalue weighted by Crippen LogP contribution is 2.33. The number of benzene rings is 1. The molecule has 0 aliphatic rings. The average Bonchev–Trinajstić information content (AvgIpc) is 3.53. The SMILES string of the molecule is CCc1cc(-c2cnc3[nH]cc(C(=N)C(C)(C)C)c3n2)ccc1CCC(C)(C)C(=O)c1c[nH]c2ncc(Br)nc12. The molecule has 5 rings (SSSR count). The first-order valence-corrected chi connectivity index (χ1v) is 14.3. The first-order chi connectivity index (χ1) is 18.9. The third-order valence-corrected chi connectivity index (χ3v) is 7.90. The zero-order valence-electron chi connectivity index (χ0n) is 23.7. The Hall–Kier alpha value is -3.72. The molecule has 0 saturated carbocycles. The van der Waals surface area contributed by atoms with Gasteiger partial charge in [0, 0.05) is 40.1 Å². The Morgan fingerprint density at radius 3 is 2.25 bits per heavy atom. The molecule has 9 heteroatoms. The number of hydrogen-bond acceptors (Lipinski definition) is 6. The predicted octanol–water partition coefficient (Wildman–Crippen LogP) is 7.48. The number of carbonyl (C=O) groups is 1. The van der Waals surface area contributed by atoms with Gasteiger partial charge in [-0.15, -0.1) is 0 Å². The standard InChI is InChI=1S/C31H34BrN7O/c1-7-17-12-19(22-15-36-28-24(38-22)20(13-34-28)26(33)30(2,3)4)9-8-18(17)10-11-31(5,6)27(40)21-14-35-29-25(21)39-23(32)16-37-29/h8-9,12-16,33H,7,10-11H2,1-6H3,(H,34,36)(H,35,37). The molecule has 0 radical (unpaired) electrons. The third-order valence-electron chi connectivity index (χ3n) is 7.51. The lowest BCUT2D eigenvalue weighted by molar-refractivity contribution is 0.0828. The molecule has 0 aliphatic heterocycles. The van der Waals surface area contributed by atoms with Crippen molar-refractivity contribution >= 4 is 49.8 Å². The number of aryl methyl sites for hydroxylation is 2. The van der Waals surface area contributed by atoms with Crippen molar-refractivity contribution in [1.82, 2.24) is 29.9 Å². The summed E-state index contributed by atoms with van der Waals surface area (Å²) in [5.74, 6) is 0.0486. The number of hydrogen-bond donors (Lipinski definition) is 3. The Morgan fingerprint density at radius 2 is 1.57 bits per heavy atom. The normalized spacial score (nSPS) is 12.4. The van der Waals surface area contributed by atoms with Crippen molar-refractivity contribution < 1.29 is 4.79 Å². The van der Waals surface area contributed by atoms with E-state index < -0.39 is 5.41 Å². The van der Waals surface area contributed by atoms with Crippen LogP contribution < -0.4 is 0 Å². The van der Waals surface area contributed by atoms with Crippen LogP contribution in [0.1, 0.15) is 75.0 Å². The molecule has 0 atom stereocenters.